The van der Waals surface area contributed by atoms with Crippen LogP contribution < -0.4 is 4.74 Å². The minimum absolute atomic E-state index is 0.221. The Morgan fingerprint density at radius 3 is 2.58 bits per heavy atom. The Balaban J connectivity index is 1.91. The molecule has 0 amide bonds. The second-order valence-corrected chi connectivity index (χ2v) is 6.68. The van der Waals surface area contributed by atoms with Crippen LogP contribution in [0.15, 0.2) is 41.4 Å². The minimum Gasteiger partial charge on any atom is -0.497 e. The third-order valence-corrected chi connectivity index (χ3v) is 5.04. The standard InChI is InChI=1S/C18H20N4O3S/c1-4-14(18(23)25-5-2)26-16-11-10-15-19-20-17(22(15)21-16)12-6-8-13(24-3)9-7-12/h6-11,14H,4-5H2,1-3H3/t14-/m0/s1. The second-order valence-electron chi connectivity index (χ2n) is 5.46. The lowest BCUT2D eigenvalue weighted by molar-refractivity contribution is -0.142. The SMILES string of the molecule is CCOC(=O)[C@H](CC)Sc1ccc2nnc(-c3ccc(OC)cc3)n2n1. The lowest BCUT2D eigenvalue weighted by atomic mass is 10.2. The summed E-state index contributed by atoms with van der Waals surface area (Å²) in [5, 5.41) is 13.4. The fourth-order valence-electron chi connectivity index (χ4n) is 2.43. The molecule has 2 aromatic heterocycles. The Morgan fingerprint density at radius 2 is 1.92 bits per heavy atom. The van der Waals surface area contributed by atoms with Crippen molar-refractivity contribution in [1.29, 1.82) is 0 Å². The summed E-state index contributed by atoms with van der Waals surface area (Å²) in [6.45, 7) is 4.13. The molecule has 136 valence electrons. The smallest absolute Gasteiger partial charge is 0.319 e. The van der Waals surface area contributed by atoms with Crippen LogP contribution in [0.2, 0.25) is 0 Å². The van der Waals surface area contributed by atoms with Crippen LogP contribution in [0.1, 0.15) is 20.3 Å². The summed E-state index contributed by atoms with van der Waals surface area (Å²) in [5.41, 5.74) is 1.52. The molecule has 0 aliphatic rings. The van der Waals surface area contributed by atoms with Crippen LogP contribution >= 0.6 is 11.8 Å². The van der Waals surface area contributed by atoms with Crippen LogP contribution in [-0.2, 0) is 9.53 Å². The number of ether oxygens (including phenoxy) is 2. The molecule has 2 heterocycles. The number of aromatic nitrogens is 4. The third-order valence-electron chi connectivity index (χ3n) is 3.77. The first-order chi connectivity index (χ1) is 12.7. The van der Waals surface area contributed by atoms with Crippen molar-refractivity contribution in [3.8, 4) is 17.1 Å². The van der Waals surface area contributed by atoms with Gasteiger partial charge in [0.05, 0.1) is 13.7 Å². The molecule has 0 radical (unpaired) electrons. The molecule has 1 atom stereocenters. The van der Waals surface area contributed by atoms with Gasteiger partial charge in [-0.05, 0) is 49.7 Å². The monoisotopic (exact) mass is 372 g/mol. The van der Waals surface area contributed by atoms with Gasteiger partial charge in [0.15, 0.2) is 11.5 Å². The van der Waals surface area contributed by atoms with Crippen molar-refractivity contribution < 1.29 is 14.3 Å². The molecular formula is C18H20N4O3S. The molecule has 7 nitrogen and oxygen atoms in total. The zero-order valence-electron chi connectivity index (χ0n) is 14.9. The molecule has 0 saturated carbocycles. The summed E-state index contributed by atoms with van der Waals surface area (Å²) < 4.78 is 12.0. The van der Waals surface area contributed by atoms with Gasteiger partial charge in [-0.25, -0.2) is 0 Å². The summed E-state index contributed by atoms with van der Waals surface area (Å²) >= 11 is 1.38. The molecule has 1 aromatic carbocycles. The van der Waals surface area contributed by atoms with Crippen molar-refractivity contribution in [2.24, 2.45) is 0 Å². The third kappa shape index (κ3) is 3.80. The Kier molecular flexibility index (Phi) is 5.72. The molecule has 0 N–H and O–H groups in total. The number of carbonyl (C=O) groups is 1. The Bertz CT molecular complexity index is 895. The molecule has 0 unspecified atom stereocenters. The highest BCUT2D eigenvalue weighted by Gasteiger charge is 2.20. The summed E-state index contributed by atoms with van der Waals surface area (Å²) in [5.74, 6) is 1.18. The maximum Gasteiger partial charge on any atom is 0.319 e. The topological polar surface area (TPSA) is 78.6 Å². The average molecular weight is 372 g/mol. The number of fused-ring (bicyclic) bond motifs is 1. The Morgan fingerprint density at radius 1 is 1.15 bits per heavy atom. The molecule has 3 aromatic rings. The first kappa shape index (κ1) is 18.2. The number of esters is 1. The zero-order chi connectivity index (χ0) is 18.5. The van der Waals surface area contributed by atoms with E-state index in [1.54, 1.807) is 18.5 Å². The van der Waals surface area contributed by atoms with Gasteiger partial charge in [-0.3, -0.25) is 4.79 Å². The van der Waals surface area contributed by atoms with Crippen LogP contribution in [0.5, 0.6) is 5.75 Å². The van der Waals surface area contributed by atoms with E-state index in [0.29, 0.717) is 29.5 Å². The van der Waals surface area contributed by atoms with E-state index in [0.717, 1.165) is 11.3 Å². The number of methoxy groups -OCH3 is 1. The minimum atomic E-state index is -0.291. The lowest BCUT2D eigenvalue weighted by Crippen LogP contribution is -2.19. The van der Waals surface area contributed by atoms with Crippen LogP contribution in [0.25, 0.3) is 17.0 Å². The average Bonchev–Trinajstić information content (AvgIpc) is 3.09. The normalized spacial score (nSPS) is 12.1. The van der Waals surface area contributed by atoms with Gasteiger partial charge in [-0.1, -0.05) is 18.7 Å². The van der Waals surface area contributed by atoms with Gasteiger partial charge >= 0.3 is 5.97 Å². The van der Waals surface area contributed by atoms with Crippen LogP contribution in [0.3, 0.4) is 0 Å². The largest absolute Gasteiger partial charge is 0.497 e. The maximum absolute atomic E-state index is 12.0. The fourth-order valence-corrected chi connectivity index (χ4v) is 3.33. The highest BCUT2D eigenvalue weighted by molar-refractivity contribution is 8.00. The first-order valence-electron chi connectivity index (χ1n) is 8.36. The lowest BCUT2D eigenvalue weighted by Gasteiger charge is -2.12. The first-order valence-corrected chi connectivity index (χ1v) is 9.24. The number of carbonyl (C=O) groups excluding carboxylic acids is 1. The second kappa shape index (κ2) is 8.18. The van der Waals surface area contributed by atoms with Gasteiger partial charge in [0.1, 0.15) is 16.0 Å². The number of hydrogen-bond acceptors (Lipinski definition) is 7. The Labute approximate surface area is 155 Å². The van der Waals surface area contributed by atoms with Gasteiger partial charge in [-0.15, -0.1) is 10.2 Å². The van der Waals surface area contributed by atoms with E-state index in [1.807, 2.05) is 43.3 Å². The molecule has 8 heteroatoms. The molecule has 0 fully saturated rings. The van der Waals surface area contributed by atoms with Gasteiger partial charge in [0.25, 0.3) is 0 Å². The number of benzene rings is 1. The summed E-state index contributed by atoms with van der Waals surface area (Å²) in [6, 6.07) is 11.2. The quantitative estimate of drug-likeness (QED) is 0.465. The van der Waals surface area contributed by atoms with Crippen molar-refractivity contribution in [2.45, 2.75) is 30.5 Å². The van der Waals surface area contributed by atoms with E-state index in [-0.39, 0.29) is 11.2 Å². The van der Waals surface area contributed by atoms with Crippen molar-refractivity contribution >= 4 is 23.4 Å². The van der Waals surface area contributed by atoms with E-state index in [9.17, 15) is 4.79 Å². The van der Waals surface area contributed by atoms with Crippen molar-refractivity contribution in [1.82, 2.24) is 19.8 Å². The van der Waals surface area contributed by atoms with E-state index in [4.69, 9.17) is 9.47 Å². The fraction of sp³-hybridized carbons (Fsp3) is 0.333. The van der Waals surface area contributed by atoms with Crippen LogP contribution in [-0.4, -0.2) is 44.7 Å². The van der Waals surface area contributed by atoms with Crippen molar-refractivity contribution in [3.63, 3.8) is 0 Å². The van der Waals surface area contributed by atoms with Crippen LogP contribution in [0.4, 0.5) is 0 Å². The molecule has 0 spiro atoms. The highest BCUT2D eigenvalue weighted by Crippen LogP contribution is 2.26. The van der Waals surface area contributed by atoms with E-state index in [2.05, 4.69) is 15.3 Å². The van der Waals surface area contributed by atoms with E-state index in [1.165, 1.54) is 11.8 Å². The molecule has 26 heavy (non-hydrogen) atoms. The van der Waals surface area contributed by atoms with Crippen molar-refractivity contribution in [3.05, 3.63) is 36.4 Å². The van der Waals surface area contributed by atoms with Gasteiger partial charge in [-0.2, -0.15) is 9.61 Å². The summed E-state index contributed by atoms with van der Waals surface area (Å²) in [6.07, 6.45) is 0.663. The van der Waals surface area contributed by atoms with Gasteiger partial charge in [0, 0.05) is 5.56 Å². The van der Waals surface area contributed by atoms with Gasteiger partial charge < -0.3 is 9.47 Å². The molecule has 0 aliphatic carbocycles. The number of hydrogen-bond donors (Lipinski definition) is 0. The zero-order valence-corrected chi connectivity index (χ0v) is 15.7. The van der Waals surface area contributed by atoms with Gasteiger partial charge in [0.2, 0.25) is 0 Å². The maximum atomic E-state index is 12.0. The molecule has 0 saturated heterocycles. The van der Waals surface area contributed by atoms with Crippen molar-refractivity contribution in [2.75, 3.05) is 13.7 Å². The highest BCUT2D eigenvalue weighted by atomic mass is 32.2. The molecule has 0 bridgehead atoms. The summed E-state index contributed by atoms with van der Waals surface area (Å²) in [7, 11) is 1.63. The van der Waals surface area contributed by atoms with E-state index < -0.39 is 0 Å². The number of nitrogens with zero attached hydrogens (tertiary/aromatic N) is 4. The predicted octanol–water partition coefficient (Wildman–Crippen LogP) is 3.23. The predicted molar refractivity (Wildman–Crippen MR) is 99.3 cm³/mol. The molecule has 3 rings (SSSR count). The van der Waals surface area contributed by atoms with Crippen LogP contribution in [0, 0.1) is 0 Å². The number of rotatable bonds is 7. The molecule has 0 aliphatic heterocycles. The molecular weight excluding hydrogens is 352 g/mol. The van der Waals surface area contributed by atoms with E-state index >= 15 is 0 Å². The summed E-state index contributed by atoms with van der Waals surface area (Å²) in [4.78, 5) is 12.0. The Hall–Kier alpha value is -2.61. The number of thioether (sulfide) groups is 1.